The summed E-state index contributed by atoms with van der Waals surface area (Å²) in [5.74, 6) is -1.15. The number of aromatic nitrogens is 2. The highest BCUT2D eigenvalue weighted by Crippen LogP contribution is 2.35. The number of hydrogen-bond donors (Lipinski definition) is 1. The van der Waals surface area contributed by atoms with Gasteiger partial charge in [0.2, 0.25) is 0 Å². The monoisotopic (exact) mass is 520 g/mol. The Morgan fingerprint density at radius 2 is 1.66 bits per heavy atom. The first kappa shape index (κ1) is 25.2. The Labute approximate surface area is 216 Å². The number of carboxylic acids is 1. The lowest BCUT2D eigenvalue weighted by molar-refractivity contribution is -0.274. The maximum absolute atomic E-state index is 12.7. The molecule has 1 atom stereocenters. The van der Waals surface area contributed by atoms with Gasteiger partial charge in [0.25, 0.3) is 0 Å². The number of alkyl halides is 3. The molecule has 2 heterocycles. The van der Waals surface area contributed by atoms with Crippen molar-refractivity contribution in [1.29, 1.82) is 0 Å². The molecule has 7 nitrogen and oxygen atoms in total. The number of nitrogens with zero attached hydrogens (tertiary/aromatic N) is 4. The van der Waals surface area contributed by atoms with E-state index in [0.29, 0.717) is 24.9 Å². The topological polar surface area (TPSA) is 87.9 Å². The minimum Gasteiger partial charge on any atom is -0.481 e. The van der Waals surface area contributed by atoms with Crippen LogP contribution in [0.1, 0.15) is 36.4 Å². The molecule has 1 aliphatic rings. The van der Waals surface area contributed by atoms with E-state index in [9.17, 15) is 18.0 Å². The number of halogens is 3. The third kappa shape index (κ3) is 5.91. The summed E-state index contributed by atoms with van der Waals surface area (Å²) in [7, 11) is 0. The van der Waals surface area contributed by atoms with Gasteiger partial charge in [0.15, 0.2) is 0 Å². The SMILES string of the molecule is O=C(O)CCCN1N=C(c2cccc(-c3cccc(OC(F)(F)F)c3)c2)CC1c1ccc2nccnc2c1. The summed E-state index contributed by atoms with van der Waals surface area (Å²) in [6, 6.07) is 19.0. The number of carbonyl (C=O) groups is 1. The number of rotatable bonds is 8. The van der Waals surface area contributed by atoms with Gasteiger partial charge in [-0.1, -0.05) is 36.4 Å². The first-order chi connectivity index (χ1) is 18.2. The summed E-state index contributed by atoms with van der Waals surface area (Å²) < 4.78 is 42.2. The van der Waals surface area contributed by atoms with E-state index in [1.165, 1.54) is 18.2 Å². The third-order valence-corrected chi connectivity index (χ3v) is 6.25. The van der Waals surface area contributed by atoms with Crippen LogP contribution in [0.5, 0.6) is 5.75 Å². The van der Waals surface area contributed by atoms with Crippen LogP contribution < -0.4 is 4.74 Å². The van der Waals surface area contributed by atoms with Crippen molar-refractivity contribution >= 4 is 22.7 Å². The van der Waals surface area contributed by atoms with Crippen LogP contribution >= 0.6 is 0 Å². The third-order valence-electron chi connectivity index (χ3n) is 6.25. The van der Waals surface area contributed by atoms with Gasteiger partial charge in [-0.05, 0) is 59.0 Å². The zero-order valence-corrected chi connectivity index (χ0v) is 20.1. The molecule has 194 valence electrons. The number of benzene rings is 3. The molecule has 1 aromatic heterocycles. The second-order valence-corrected chi connectivity index (χ2v) is 8.89. The van der Waals surface area contributed by atoms with Gasteiger partial charge in [-0.2, -0.15) is 5.10 Å². The van der Waals surface area contributed by atoms with Crippen LogP contribution in [0.15, 0.2) is 84.2 Å². The van der Waals surface area contributed by atoms with Crippen LogP contribution in [0, 0.1) is 0 Å². The summed E-state index contributed by atoms with van der Waals surface area (Å²) in [6.07, 6.45) is -0.473. The molecule has 10 heteroatoms. The Bertz CT molecular complexity index is 1510. The van der Waals surface area contributed by atoms with Crippen LogP contribution in [0.2, 0.25) is 0 Å². The average Bonchev–Trinajstić information content (AvgIpc) is 3.32. The smallest absolute Gasteiger partial charge is 0.481 e. The Morgan fingerprint density at radius 1 is 0.947 bits per heavy atom. The highest BCUT2D eigenvalue weighted by Gasteiger charge is 2.31. The van der Waals surface area contributed by atoms with Crippen molar-refractivity contribution in [2.24, 2.45) is 5.10 Å². The standard InChI is InChI=1S/C28H23F3N4O3/c29-28(30,31)38-22-7-2-5-19(15-22)18-4-1-6-20(14-18)24-17-26(35(34-24)13-3-8-27(36)37)21-9-10-23-25(16-21)33-12-11-32-23/h1-2,4-7,9-12,14-16,26H,3,8,13,17H2,(H,36,37). The Morgan fingerprint density at radius 3 is 2.42 bits per heavy atom. The highest BCUT2D eigenvalue weighted by molar-refractivity contribution is 6.02. The number of hydrazone groups is 1. The van der Waals surface area contributed by atoms with E-state index in [4.69, 9.17) is 10.2 Å². The minimum atomic E-state index is -4.77. The summed E-state index contributed by atoms with van der Waals surface area (Å²) in [5.41, 5.74) is 5.45. The van der Waals surface area contributed by atoms with Crippen molar-refractivity contribution < 1.29 is 27.8 Å². The van der Waals surface area contributed by atoms with E-state index in [1.54, 1.807) is 18.5 Å². The van der Waals surface area contributed by atoms with Gasteiger partial charge >= 0.3 is 12.3 Å². The molecule has 4 aromatic rings. The van der Waals surface area contributed by atoms with Crippen molar-refractivity contribution in [3.8, 4) is 16.9 Å². The molecule has 0 radical (unpaired) electrons. The van der Waals surface area contributed by atoms with E-state index in [0.717, 1.165) is 33.4 Å². The number of ether oxygens (including phenoxy) is 1. The maximum atomic E-state index is 12.7. The quantitative estimate of drug-likeness (QED) is 0.297. The minimum absolute atomic E-state index is 0.0308. The van der Waals surface area contributed by atoms with Gasteiger partial charge in [-0.15, -0.1) is 13.2 Å². The largest absolute Gasteiger partial charge is 0.573 e. The summed E-state index contributed by atoms with van der Waals surface area (Å²) in [6.45, 7) is 0.454. The lowest BCUT2D eigenvalue weighted by Gasteiger charge is -2.23. The van der Waals surface area contributed by atoms with Gasteiger partial charge in [-0.25, -0.2) is 0 Å². The molecule has 0 fully saturated rings. The first-order valence-corrected chi connectivity index (χ1v) is 12.0. The van der Waals surface area contributed by atoms with Crippen molar-refractivity contribution in [1.82, 2.24) is 15.0 Å². The summed E-state index contributed by atoms with van der Waals surface area (Å²) >= 11 is 0. The van der Waals surface area contributed by atoms with Crippen LogP contribution in [-0.2, 0) is 4.79 Å². The number of aliphatic carboxylic acids is 1. The number of hydrogen-bond acceptors (Lipinski definition) is 6. The van der Waals surface area contributed by atoms with Crippen molar-refractivity contribution in [2.45, 2.75) is 31.7 Å². The van der Waals surface area contributed by atoms with E-state index >= 15 is 0 Å². The van der Waals surface area contributed by atoms with Crippen LogP contribution in [0.3, 0.4) is 0 Å². The van der Waals surface area contributed by atoms with E-state index < -0.39 is 12.3 Å². The predicted molar refractivity (Wildman–Crippen MR) is 136 cm³/mol. The molecule has 3 aromatic carbocycles. The van der Waals surface area contributed by atoms with Gasteiger partial charge in [0, 0.05) is 31.8 Å². The van der Waals surface area contributed by atoms with Crippen molar-refractivity contribution in [3.63, 3.8) is 0 Å². The Hall–Kier alpha value is -4.47. The van der Waals surface area contributed by atoms with E-state index in [-0.39, 0.29) is 18.2 Å². The molecule has 0 amide bonds. The molecule has 1 unspecified atom stereocenters. The Balaban J connectivity index is 1.44. The zero-order valence-electron chi connectivity index (χ0n) is 20.1. The molecule has 1 N–H and O–H groups in total. The molecule has 5 rings (SSSR count). The van der Waals surface area contributed by atoms with E-state index in [1.807, 2.05) is 47.5 Å². The second kappa shape index (κ2) is 10.5. The predicted octanol–water partition coefficient (Wildman–Crippen LogP) is 6.21. The van der Waals surface area contributed by atoms with Gasteiger partial charge < -0.3 is 9.84 Å². The summed E-state index contributed by atoms with van der Waals surface area (Å²) in [5, 5.41) is 15.8. The molecule has 0 spiro atoms. The number of fused-ring (bicyclic) bond motifs is 1. The fourth-order valence-corrected chi connectivity index (χ4v) is 4.56. The van der Waals surface area contributed by atoms with Crippen LogP contribution in [0.25, 0.3) is 22.2 Å². The zero-order chi connectivity index (χ0) is 26.7. The molecule has 0 bridgehead atoms. The lowest BCUT2D eigenvalue weighted by Crippen LogP contribution is -2.21. The number of carboxylic acid groups (broad SMARTS) is 1. The molecule has 38 heavy (non-hydrogen) atoms. The van der Waals surface area contributed by atoms with Gasteiger partial charge in [-0.3, -0.25) is 19.8 Å². The molecular formula is C28H23F3N4O3. The second-order valence-electron chi connectivity index (χ2n) is 8.89. The van der Waals surface area contributed by atoms with Crippen molar-refractivity contribution in [2.75, 3.05) is 6.54 Å². The average molecular weight is 521 g/mol. The van der Waals surface area contributed by atoms with Gasteiger partial charge in [0.05, 0.1) is 22.8 Å². The first-order valence-electron chi connectivity index (χ1n) is 12.0. The molecule has 0 saturated heterocycles. The van der Waals surface area contributed by atoms with Gasteiger partial charge in [0.1, 0.15) is 5.75 Å². The van der Waals surface area contributed by atoms with Crippen molar-refractivity contribution in [3.05, 3.63) is 90.3 Å². The van der Waals surface area contributed by atoms with Crippen LogP contribution in [-0.4, -0.2) is 44.7 Å². The molecular weight excluding hydrogens is 497 g/mol. The fraction of sp³-hybridized carbons (Fsp3) is 0.214. The molecule has 1 aliphatic heterocycles. The lowest BCUT2D eigenvalue weighted by atomic mass is 9.95. The highest BCUT2D eigenvalue weighted by atomic mass is 19.4. The summed E-state index contributed by atoms with van der Waals surface area (Å²) in [4.78, 5) is 19.8. The molecule has 0 saturated carbocycles. The van der Waals surface area contributed by atoms with Crippen LogP contribution in [0.4, 0.5) is 13.2 Å². The van der Waals surface area contributed by atoms with E-state index in [2.05, 4.69) is 14.7 Å². The normalized spacial score (nSPS) is 15.5. The Kier molecular flexibility index (Phi) is 6.95. The molecule has 0 aliphatic carbocycles. The fourth-order valence-electron chi connectivity index (χ4n) is 4.56. The maximum Gasteiger partial charge on any atom is 0.573 e.